The molecule has 3 rings (SSSR count). The average Bonchev–Trinajstić information content (AvgIpc) is 2.79. The van der Waals surface area contributed by atoms with Crippen molar-refractivity contribution >= 4 is 12.0 Å². The lowest BCUT2D eigenvalue weighted by atomic mass is 10.1. The third-order valence-corrected chi connectivity index (χ3v) is 5.10. The summed E-state index contributed by atoms with van der Waals surface area (Å²) in [5.41, 5.74) is 0.995. The van der Waals surface area contributed by atoms with Gasteiger partial charge < -0.3 is 14.4 Å². The predicted molar refractivity (Wildman–Crippen MR) is 112 cm³/mol. The van der Waals surface area contributed by atoms with E-state index in [-0.39, 0.29) is 17.2 Å². The van der Waals surface area contributed by atoms with Crippen LogP contribution in [0, 0.1) is 11.3 Å². The van der Waals surface area contributed by atoms with Gasteiger partial charge in [-0.15, -0.1) is 13.2 Å². The molecule has 168 valence electrons. The van der Waals surface area contributed by atoms with E-state index in [2.05, 4.69) is 10.8 Å². The number of hydrogen-bond acceptors (Lipinski definition) is 5. The summed E-state index contributed by atoms with van der Waals surface area (Å²) in [6.07, 6.45) is -2.27. The third kappa shape index (κ3) is 6.02. The molecular formula is C23H22F3N3O3. The number of nitriles is 1. The van der Waals surface area contributed by atoms with Crippen molar-refractivity contribution in [1.82, 2.24) is 9.80 Å². The number of carbonyl (C=O) groups is 1. The molecule has 1 amide bonds. The van der Waals surface area contributed by atoms with Gasteiger partial charge in [0.05, 0.1) is 13.2 Å². The second-order valence-corrected chi connectivity index (χ2v) is 7.09. The van der Waals surface area contributed by atoms with Crippen molar-refractivity contribution in [3.63, 3.8) is 0 Å². The first kappa shape index (κ1) is 23.2. The van der Waals surface area contributed by atoms with Crippen LogP contribution in [-0.4, -0.2) is 55.4 Å². The van der Waals surface area contributed by atoms with Crippen LogP contribution in [0.3, 0.4) is 0 Å². The molecule has 0 aromatic heterocycles. The Morgan fingerprint density at radius 1 is 1.09 bits per heavy atom. The van der Waals surface area contributed by atoms with Crippen LogP contribution < -0.4 is 9.47 Å². The smallest absolute Gasteiger partial charge is 0.497 e. The van der Waals surface area contributed by atoms with Gasteiger partial charge in [0.25, 0.3) is 0 Å². The minimum absolute atomic E-state index is 0.154. The molecule has 0 spiro atoms. The van der Waals surface area contributed by atoms with Crippen molar-refractivity contribution in [2.45, 2.75) is 12.4 Å². The Balaban J connectivity index is 1.60. The van der Waals surface area contributed by atoms with Crippen LogP contribution in [0.25, 0.3) is 6.08 Å². The lowest BCUT2D eigenvalue weighted by molar-refractivity contribution is -0.274. The molecule has 0 bridgehead atoms. The van der Waals surface area contributed by atoms with Gasteiger partial charge in [0, 0.05) is 37.8 Å². The number of piperazine rings is 1. The number of halogens is 3. The van der Waals surface area contributed by atoms with Crippen LogP contribution >= 0.6 is 0 Å². The van der Waals surface area contributed by atoms with Crippen molar-refractivity contribution in [3.05, 3.63) is 65.7 Å². The van der Waals surface area contributed by atoms with Crippen molar-refractivity contribution in [3.8, 4) is 17.6 Å². The van der Waals surface area contributed by atoms with Gasteiger partial charge in [0.1, 0.15) is 17.5 Å². The minimum Gasteiger partial charge on any atom is -0.497 e. The van der Waals surface area contributed by atoms with Crippen LogP contribution in [0.5, 0.6) is 11.5 Å². The van der Waals surface area contributed by atoms with Gasteiger partial charge in [-0.2, -0.15) is 5.26 Å². The summed E-state index contributed by atoms with van der Waals surface area (Å²) in [6, 6.07) is 14.8. The molecule has 0 aliphatic carbocycles. The first-order chi connectivity index (χ1) is 15.3. The molecule has 1 unspecified atom stereocenters. The SMILES string of the molecule is COc1ccc(C(C#N)N2CCN(C(=O)/C=C/c3ccccc3OC(F)(F)F)CC2)cc1. The second kappa shape index (κ2) is 10.2. The summed E-state index contributed by atoms with van der Waals surface area (Å²) in [7, 11) is 1.57. The second-order valence-electron chi connectivity index (χ2n) is 7.09. The summed E-state index contributed by atoms with van der Waals surface area (Å²) < 4.78 is 46.8. The van der Waals surface area contributed by atoms with Gasteiger partial charge in [0.15, 0.2) is 0 Å². The van der Waals surface area contributed by atoms with Crippen molar-refractivity contribution in [2.75, 3.05) is 33.3 Å². The topological polar surface area (TPSA) is 65.8 Å². The largest absolute Gasteiger partial charge is 0.573 e. The Morgan fingerprint density at radius 2 is 1.75 bits per heavy atom. The van der Waals surface area contributed by atoms with Crippen LogP contribution in [0.15, 0.2) is 54.6 Å². The molecule has 6 nitrogen and oxygen atoms in total. The molecule has 0 radical (unpaired) electrons. The van der Waals surface area contributed by atoms with Crippen molar-refractivity contribution < 1.29 is 27.4 Å². The third-order valence-electron chi connectivity index (χ3n) is 5.10. The molecule has 1 saturated heterocycles. The van der Waals surface area contributed by atoms with Crippen LogP contribution in [0.4, 0.5) is 13.2 Å². The van der Waals surface area contributed by atoms with E-state index in [4.69, 9.17) is 4.74 Å². The maximum atomic E-state index is 12.5. The summed E-state index contributed by atoms with van der Waals surface area (Å²) in [5, 5.41) is 9.64. The number of para-hydroxylation sites is 1. The Hall–Kier alpha value is -3.51. The maximum absolute atomic E-state index is 12.5. The number of methoxy groups -OCH3 is 1. The summed E-state index contributed by atoms with van der Waals surface area (Å²) in [6.45, 7) is 1.80. The molecule has 1 fully saturated rings. The molecule has 1 heterocycles. The van der Waals surface area contributed by atoms with E-state index < -0.39 is 12.4 Å². The normalized spacial score (nSPS) is 15.9. The highest BCUT2D eigenvalue weighted by Gasteiger charge is 2.32. The number of carbonyl (C=O) groups excluding carboxylic acids is 1. The zero-order valence-corrected chi connectivity index (χ0v) is 17.4. The maximum Gasteiger partial charge on any atom is 0.573 e. The number of rotatable bonds is 6. The summed E-state index contributed by atoms with van der Waals surface area (Å²) in [5.74, 6) is 0.0180. The van der Waals surface area contributed by atoms with Crippen molar-refractivity contribution in [2.24, 2.45) is 0 Å². The molecule has 2 aromatic rings. The van der Waals surface area contributed by atoms with Gasteiger partial charge in [0.2, 0.25) is 5.91 Å². The van der Waals surface area contributed by atoms with Gasteiger partial charge >= 0.3 is 6.36 Å². The van der Waals surface area contributed by atoms with Crippen LogP contribution in [-0.2, 0) is 4.79 Å². The molecule has 2 aromatic carbocycles. The molecule has 1 atom stereocenters. The highest BCUT2D eigenvalue weighted by Crippen LogP contribution is 2.27. The molecule has 0 N–H and O–H groups in total. The summed E-state index contributed by atoms with van der Waals surface area (Å²) in [4.78, 5) is 16.1. The van der Waals surface area contributed by atoms with E-state index in [0.29, 0.717) is 31.9 Å². The summed E-state index contributed by atoms with van der Waals surface area (Å²) >= 11 is 0. The Bertz CT molecular complexity index is 992. The van der Waals surface area contributed by atoms with E-state index >= 15 is 0 Å². The number of benzene rings is 2. The van der Waals surface area contributed by atoms with E-state index in [9.17, 15) is 23.2 Å². The number of ether oxygens (including phenoxy) is 2. The fourth-order valence-corrected chi connectivity index (χ4v) is 3.46. The highest BCUT2D eigenvalue weighted by atomic mass is 19.4. The first-order valence-corrected chi connectivity index (χ1v) is 9.90. The van der Waals surface area contributed by atoms with Gasteiger partial charge in [-0.05, 0) is 29.8 Å². The molecule has 32 heavy (non-hydrogen) atoms. The van der Waals surface area contributed by atoms with E-state index in [0.717, 1.165) is 5.56 Å². The number of alkyl halides is 3. The standard InChI is InChI=1S/C23H22F3N3O3/c1-31-19-9-6-17(7-10-19)20(16-27)28-12-14-29(15-13-28)22(30)11-8-18-4-2-3-5-21(18)32-23(24,25)26/h2-11,20H,12-15H2,1H3/b11-8+. The highest BCUT2D eigenvalue weighted by molar-refractivity contribution is 5.92. The fraction of sp³-hybridized carbons (Fsp3) is 0.304. The van der Waals surface area contributed by atoms with Crippen LogP contribution in [0.2, 0.25) is 0 Å². The molecule has 0 saturated carbocycles. The predicted octanol–water partition coefficient (Wildman–Crippen LogP) is 4.02. The number of nitrogens with zero attached hydrogens (tertiary/aromatic N) is 3. The lowest BCUT2D eigenvalue weighted by Gasteiger charge is -2.36. The number of hydrogen-bond donors (Lipinski definition) is 0. The quantitative estimate of drug-likeness (QED) is 0.629. The Morgan fingerprint density at radius 3 is 2.34 bits per heavy atom. The molecule has 9 heteroatoms. The van der Waals surface area contributed by atoms with Gasteiger partial charge in [-0.1, -0.05) is 30.3 Å². The lowest BCUT2D eigenvalue weighted by Crippen LogP contribution is -2.49. The zero-order valence-electron chi connectivity index (χ0n) is 17.4. The Labute approximate surface area is 184 Å². The first-order valence-electron chi connectivity index (χ1n) is 9.90. The zero-order chi connectivity index (χ0) is 23.1. The van der Waals surface area contributed by atoms with E-state index in [1.54, 1.807) is 30.2 Å². The molecule has 1 aliphatic rings. The molecule has 1 aliphatic heterocycles. The van der Waals surface area contributed by atoms with E-state index in [1.807, 2.05) is 17.0 Å². The average molecular weight is 445 g/mol. The van der Waals surface area contributed by atoms with Crippen LogP contribution in [0.1, 0.15) is 17.2 Å². The minimum atomic E-state index is -4.81. The van der Waals surface area contributed by atoms with Gasteiger partial charge in [-0.3, -0.25) is 9.69 Å². The number of amides is 1. The molecular weight excluding hydrogens is 423 g/mol. The fourth-order valence-electron chi connectivity index (χ4n) is 3.46. The van der Waals surface area contributed by atoms with E-state index in [1.165, 1.54) is 30.4 Å². The Kier molecular flexibility index (Phi) is 7.38. The van der Waals surface area contributed by atoms with Crippen molar-refractivity contribution in [1.29, 1.82) is 5.26 Å². The monoisotopic (exact) mass is 445 g/mol. The van der Waals surface area contributed by atoms with Gasteiger partial charge in [-0.25, -0.2) is 0 Å².